The number of pyridine rings is 1. The summed E-state index contributed by atoms with van der Waals surface area (Å²) in [5.41, 5.74) is 3.60. The summed E-state index contributed by atoms with van der Waals surface area (Å²) in [4.78, 5) is 8.77. The van der Waals surface area contributed by atoms with Crippen molar-refractivity contribution in [3.8, 4) is 5.69 Å². The van der Waals surface area contributed by atoms with Gasteiger partial charge in [0.05, 0.1) is 11.8 Å². The number of benzene rings is 1. The first-order valence-electron chi connectivity index (χ1n) is 7.35. The first-order valence-corrected chi connectivity index (χ1v) is 7.35. The van der Waals surface area contributed by atoms with Gasteiger partial charge in [-0.15, -0.1) is 0 Å². The molecule has 3 aromatic rings. The predicted octanol–water partition coefficient (Wildman–Crippen LogP) is 2.67. The van der Waals surface area contributed by atoms with Crippen LogP contribution in [0.3, 0.4) is 0 Å². The topological polar surface area (TPSA) is 42.7 Å². The van der Waals surface area contributed by atoms with Crippen molar-refractivity contribution in [3.05, 3.63) is 54.7 Å². The number of aromatic nitrogens is 3. The standard InChI is InChI=1S/C17H18N4/c1-17(6-8-18-11-17)16-10-19-12-21(16)14-4-5-15-13(9-14)3-2-7-20-15/h2-5,7,9-10,12,18H,6,8,11H2,1H3. The van der Waals surface area contributed by atoms with Crippen molar-refractivity contribution in [2.75, 3.05) is 13.1 Å². The van der Waals surface area contributed by atoms with Crippen LogP contribution in [-0.4, -0.2) is 27.6 Å². The maximum Gasteiger partial charge on any atom is 0.0994 e. The number of rotatable bonds is 2. The van der Waals surface area contributed by atoms with Crippen molar-refractivity contribution >= 4 is 10.9 Å². The minimum absolute atomic E-state index is 0.153. The molecule has 1 saturated heterocycles. The Balaban J connectivity index is 1.84. The quantitative estimate of drug-likeness (QED) is 0.783. The molecule has 4 rings (SSSR count). The van der Waals surface area contributed by atoms with Crippen LogP contribution in [0, 0.1) is 0 Å². The molecule has 0 radical (unpaired) electrons. The predicted molar refractivity (Wildman–Crippen MR) is 83.7 cm³/mol. The minimum atomic E-state index is 0.153. The maximum absolute atomic E-state index is 4.39. The molecule has 1 aliphatic heterocycles. The molecule has 21 heavy (non-hydrogen) atoms. The molecule has 2 aromatic heterocycles. The van der Waals surface area contributed by atoms with E-state index in [0.29, 0.717) is 0 Å². The smallest absolute Gasteiger partial charge is 0.0994 e. The van der Waals surface area contributed by atoms with Gasteiger partial charge < -0.3 is 9.88 Å². The molecule has 0 spiro atoms. The van der Waals surface area contributed by atoms with Gasteiger partial charge >= 0.3 is 0 Å². The molecule has 0 amide bonds. The molecule has 1 N–H and O–H groups in total. The molecule has 1 aromatic carbocycles. The van der Waals surface area contributed by atoms with Crippen molar-refractivity contribution < 1.29 is 0 Å². The molecule has 1 atom stereocenters. The Morgan fingerprint density at radius 2 is 2.24 bits per heavy atom. The molecule has 1 unspecified atom stereocenters. The Morgan fingerprint density at radius 3 is 3.10 bits per heavy atom. The lowest BCUT2D eigenvalue weighted by Crippen LogP contribution is -2.27. The van der Waals surface area contributed by atoms with E-state index in [2.05, 4.69) is 51.0 Å². The Bertz CT molecular complexity index is 784. The van der Waals surface area contributed by atoms with Gasteiger partial charge in [0, 0.05) is 41.1 Å². The third kappa shape index (κ3) is 2.03. The van der Waals surface area contributed by atoms with Gasteiger partial charge in [-0.3, -0.25) is 4.98 Å². The van der Waals surface area contributed by atoms with E-state index < -0.39 is 0 Å². The van der Waals surface area contributed by atoms with Gasteiger partial charge in [0.1, 0.15) is 0 Å². The first kappa shape index (κ1) is 12.5. The normalized spacial score (nSPS) is 22.0. The van der Waals surface area contributed by atoms with E-state index >= 15 is 0 Å². The largest absolute Gasteiger partial charge is 0.316 e. The molecule has 0 aliphatic carbocycles. The lowest BCUT2D eigenvalue weighted by molar-refractivity contribution is 0.499. The SMILES string of the molecule is CC1(c2cncn2-c2ccc3ncccc3c2)CCNC1. The zero-order chi connectivity index (χ0) is 14.3. The van der Waals surface area contributed by atoms with E-state index in [9.17, 15) is 0 Å². The van der Waals surface area contributed by atoms with Crippen LogP contribution in [0.5, 0.6) is 0 Å². The van der Waals surface area contributed by atoms with Crippen molar-refractivity contribution in [3.63, 3.8) is 0 Å². The van der Waals surface area contributed by atoms with Crippen LogP contribution in [0.25, 0.3) is 16.6 Å². The van der Waals surface area contributed by atoms with Crippen LogP contribution >= 0.6 is 0 Å². The molecule has 1 fully saturated rings. The molecule has 1 aliphatic rings. The number of hydrogen-bond donors (Lipinski definition) is 1. The van der Waals surface area contributed by atoms with Gasteiger partial charge in [-0.05, 0) is 37.2 Å². The fourth-order valence-electron chi connectivity index (χ4n) is 3.20. The van der Waals surface area contributed by atoms with Crippen LogP contribution in [0.4, 0.5) is 0 Å². The van der Waals surface area contributed by atoms with Crippen molar-refractivity contribution in [2.24, 2.45) is 0 Å². The average Bonchev–Trinajstić information content (AvgIpc) is 3.16. The zero-order valence-corrected chi connectivity index (χ0v) is 12.1. The van der Waals surface area contributed by atoms with Crippen molar-refractivity contribution in [2.45, 2.75) is 18.8 Å². The van der Waals surface area contributed by atoms with Gasteiger partial charge in [0.25, 0.3) is 0 Å². The van der Waals surface area contributed by atoms with E-state index in [4.69, 9.17) is 0 Å². The molecule has 106 valence electrons. The molecule has 3 heterocycles. The zero-order valence-electron chi connectivity index (χ0n) is 12.1. The second-order valence-corrected chi connectivity index (χ2v) is 6.02. The highest BCUT2D eigenvalue weighted by molar-refractivity contribution is 5.80. The summed E-state index contributed by atoms with van der Waals surface area (Å²) >= 11 is 0. The molecule has 4 heteroatoms. The summed E-state index contributed by atoms with van der Waals surface area (Å²) in [7, 11) is 0. The summed E-state index contributed by atoms with van der Waals surface area (Å²) in [6.45, 7) is 4.39. The molecular formula is C17H18N4. The number of nitrogens with one attached hydrogen (secondary N) is 1. The van der Waals surface area contributed by atoms with Gasteiger partial charge in [-0.1, -0.05) is 13.0 Å². The Kier molecular flexibility index (Phi) is 2.79. The van der Waals surface area contributed by atoms with Crippen molar-refractivity contribution in [1.29, 1.82) is 0 Å². The number of nitrogens with zero attached hydrogens (tertiary/aromatic N) is 3. The summed E-state index contributed by atoms with van der Waals surface area (Å²) < 4.78 is 2.21. The Labute approximate surface area is 123 Å². The second-order valence-electron chi connectivity index (χ2n) is 6.02. The lowest BCUT2D eigenvalue weighted by Gasteiger charge is -2.24. The van der Waals surface area contributed by atoms with Crippen LogP contribution in [0.2, 0.25) is 0 Å². The Morgan fingerprint density at radius 1 is 1.29 bits per heavy atom. The highest BCUT2D eigenvalue weighted by atomic mass is 15.1. The summed E-state index contributed by atoms with van der Waals surface area (Å²) in [6.07, 6.45) is 6.89. The highest BCUT2D eigenvalue weighted by Crippen LogP contribution is 2.31. The van der Waals surface area contributed by atoms with Gasteiger partial charge in [0.15, 0.2) is 0 Å². The number of imidazole rings is 1. The van der Waals surface area contributed by atoms with Gasteiger partial charge in [-0.25, -0.2) is 4.98 Å². The van der Waals surface area contributed by atoms with Crippen LogP contribution in [-0.2, 0) is 5.41 Å². The molecule has 4 nitrogen and oxygen atoms in total. The lowest BCUT2D eigenvalue weighted by atomic mass is 9.86. The van der Waals surface area contributed by atoms with E-state index in [1.54, 1.807) is 0 Å². The van der Waals surface area contributed by atoms with Gasteiger partial charge in [0.2, 0.25) is 0 Å². The number of hydrogen-bond acceptors (Lipinski definition) is 3. The third-order valence-corrected chi connectivity index (χ3v) is 4.49. The van der Waals surface area contributed by atoms with Crippen LogP contribution < -0.4 is 5.32 Å². The monoisotopic (exact) mass is 278 g/mol. The summed E-state index contributed by atoms with van der Waals surface area (Å²) in [6, 6.07) is 10.4. The highest BCUT2D eigenvalue weighted by Gasteiger charge is 2.33. The fraction of sp³-hybridized carbons (Fsp3) is 0.294. The molecule has 0 saturated carbocycles. The van der Waals surface area contributed by atoms with Crippen molar-refractivity contribution in [1.82, 2.24) is 19.9 Å². The fourth-order valence-corrected chi connectivity index (χ4v) is 3.20. The summed E-state index contributed by atoms with van der Waals surface area (Å²) in [5.74, 6) is 0. The maximum atomic E-state index is 4.39. The first-order chi connectivity index (χ1) is 10.3. The van der Waals surface area contributed by atoms with Crippen LogP contribution in [0.15, 0.2) is 49.1 Å². The molecular weight excluding hydrogens is 260 g/mol. The number of fused-ring (bicyclic) bond motifs is 1. The summed E-state index contributed by atoms with van der Waals surface area (Å²) in [5, 5.41) is 4.62. The van der Waals surface area contributed by atoms with E-state index in [1.807, 2.05) is 24.8 Å². The van der Waals surface area contributed by atoms with E-state index in [1.165, 1.54) is 5.69 Å². The average molecular weight is 278 g/mol. The second kappa shape index (κ2) is 4.67. The molecule has 0 bridgehead atoms. The van der Waals surface area contributed by atoms with Crippen LogP contribution in [0.1, 0.15) is 19.0 Å². The third-order valence-electron chi connectivity index (χ3n) is 4.49. The van der Waals surface area contributed by atoms with E-state index in [-0.39, 0.29) is 5.41 Å². The Hall–Kier alpha value is -2.20. The van der Waals surface area contributed by atoms with Gasteiger partial charge in [-0.2, -0.15) is 0 Å². The minimum Gasteiger partial charge on any atom is -0.316 e. The van der Waals surface area contributed by atoms with E-state index in [0.717, 1.165) is 36.1 Å².